The molecule has 4 aromatic rings. The van der Waals surface area contributed by atoms with E-state index < -0.39 is 5.91 Å². The van der Waals surface area contributed by atoms with Crippen molar-refractivity contribution in [1.82, 2.24) is 19.8 Å². The van der Waals surface area contributed by atoms with Crippen LogP contribution in [0.4, 0.5) is 0 Å². The van der Waals surface area contributed by atoms with Crippen molar-refractivity contribution in [2.45, 2.75) is 45.7 Å². The van der Waals surface area contributed by atoms with Gasteiger partial charge in [0.2, 0.25) is 0 Å². The molecule has 226 valence electrons. The summed E-state index contributed by atoms with van der Waals surface area (Å²) in [5, 5.41) is 10.1. The van der Waals surface area contributed by atoms with E-state index in [0.717, 1.165) is 63.3 Å². The van der Waals surface area contributed by atoms with Crippen LogP contribution in [0.1, 0.15) is 54.1 Å². The van der Waals surface area contributed by atoms with Crippen molar-refractivity contribution in [3.8, 4) is 5.75 Å². The highest BCUT2D eigenvalue weighted by molar-refractivity contribution is 5.90. The number of para-hydroxylation sites is 1. The third-order valence-electron chi connectivity index (χ3n) is 8.72. The molecule has 0 saturated heterocycles. The number of carbonyl (C=O) groups excluding carboxylic acids is 1. The molecule has 1 heterocycles. The predicted octanol–water partition coefficient (Wildman–Crippen LogP) is 6.15. The topological polar surface area (TPSA) is 70.0 Å². The van der Waals surface area contributed by atoms with Crippen LogP contribution >= 0.6 is 0 Å². The maximum absolute atomic E-state index is 11.5. The highest BCUT2D eigenvalue weighted by atomic mass is 16.5. The van der Waals surface area contributed by atoms with Gasteiger partial charge in [0, 0.05) is 55.9 Å². The zero-order chi connectivity index (χ0) is 30.2. The molecule has 7 nitrogen and oxygen atoms in total. The van der Waals surface area contributed by atoms with Gasteiger partial charge in [-0.2, -0.15) is 0 Å². The number of amides is 1. The number of hydrogen-bond donors (Lipinski definition) is 2. The molecule has 0 spiro atoms. The summed E-state index contributed by atoms with van der Waals surface area (Å²) < 4.78 is 8.27. The van der Waals surface area contributed by atoms with Gasteiger partial charge in [-0.15, -0.1) is 0 Å². The number of nitrogens with one attached hydrogen (secondary N) is 1. The van der Waals surface area contributed by atoms with Gasteiger partial charge in [-0.25, -0.2) is 5.48 Å². The first-order valence-corrected chi connectivity index (χ1v) is 15.4. The molecule has 1 aliphatic rings. The summed E-state index contributed by atoms with van der Waals surface area (Å²) in [6, 6.07) is 24.0. The highest BCUT2D eigenvalue weighted by Gasteiger charge is 2.28. The molecule has 0 aliphatic heterocycles. The van der Waals surface area contributed by atoms with Crippen molar-refractivity contribution in [2.24, 2.45) is 7.05 Å². The Morgan fingerprint density at radius 2 is 1.86 bits per heavy atom. The first-order valence-electron chi connectivity index (χ1n) is 15.4. The van der Waals surface area contributed by atoms with E-state index in [9.17, 15) is 4.79 Å². The van der Waals surface area contributed by atoms with Crippen LogP contribution in [0.15, 0.2) is 79.0 Å². The number of aromatic nitrogens is 1. The summed E-state index contributed by atoms with van der Waals surface area (Å²) in [4.78, 5) is 16.5. The lowest BCUT2D eigenvalue weighted by molar-refractivity contribution is -0.124. The van der Waals surface area contributed by atoms with Crippen LogP contribution in [0, 0.1) is 0 Å². The molecule has 0 fully saturated rings. The van der Waals surface area contributed by atoms with Crippen molar-refractivity contribution in [2.75, 3.05) is 32.8 Å². The molecule has 1 unspecified atom stereocenters. The summed E-state index contributed by atoms with van der Waals surface area (Å²) >= 11 is 0. The van der Waals surface area contributed by atoms with E-state index in [0.29, 0.717) is 12.6 Å². The number of nitrogens with zero attached hydrogens (tertiary/aromatic N) is 3. The van der Waals surface area contributed by atoms with E-state index in [1.807, 2.05) is 0 Å². The van der Waals surface area contributed by atoms with E-state index in [1.165, 1.54) is 39.2 Å². The van der Waals surface area contributed by atoms with Crippen LogP contribution in [-0.4, -0.2) is 58.3 Å². The standard InChI is InChI=1S/C36H44N4O3/c1-4-39(5-2)22-23-43-31-15-10-28(11-16-31)25-40(21-20-30-26-38(3)34-9-7-6-8-32(30)34)35-18-14-29-24-27(12-17-33(29)35)13-19-36(41)37-42/h6-13,15-17,19,24,26,35,42H,4-5,14,18,20-23,25H2,1-3H3,(H,37,41)/b19-13+. The fourth-order valence-electron chi connectivity index (χ4n) is 6.30. The number of hydroxylamine groups is 1. The minimum atomic E-state index is -0.529. The number of ether oxygens (including phenoxy) is 1. The Hall–Kier alpha value is -3.91. The van der Waals surface area contributed by atoms with Crippen molar-refractivity contribution < 1.29 is 14.7 Å². The van der Waals surface area contributed by atoms with Crippen molar-refractivity contribution in [3.63, 3.8) is 0 Å². The molecule has 2 N–H and O–H groups in total. The Balaban J connectivity index is 1.33. The lowest BCUT2D eigenvalue weighted by Gasteiger charge is -2.30. The molecule has 0 radical (unpaired) electrons. The van der Waals surface area contributed by atoms with E-state index >= 15 is 0 Å². The second-order valence-electron chi connectivity index (χ2n) is 11.3. The van der Waals surface area contributed by atoms with E-state index in [-0.39, 0.29) is 0 Å². The van der Waals surface area contributed by atoms with Gasteiger partial charge in [-0.1, -0.05) is 62.4 Å². The molecule has 5 rings (SSSR count). The van der Waals surface area contributed by atoms with Gasteiger partial charge < -0.3 is 14.2 Å². The van der Waals surface area contributed by atoms with Gasteiger partial charge in [-0.3, -0.25) is 14.9 Å². The summed E-state index contributed by atoms with van der Waals surface area (Å²) in [5.41, 5.74) is 9.21. The van der Waals surface area contributed by atoms with Crippen molar-refractivity contribution >= 4 is 22.9 Å². The number of rotatable bonds is 14. The molecule has 43 heavy (non-hydrogen) atoms. The fourth-order valence-corrected chi connectivity index (χ4v) is 6.30. The van der Waals surface area contributed by atoms with E-state index in [1.54, 1.807) is 11.6 Å². The average Bonchev–Trinajstić information content (AvgIpc) is 3.61. The number of benzene rings is 3. The monoisotopic (exact) mass is 580 g/mol. The molecule has 1 aromatic heterocycles. The fraction of sp³-hybridized carbons (Fsp3) is 0.361. The van der Waals surface area contributed by atoms with E-state index in [2.05, 4.69) is 108 Å². The summed E-state index contributed by atoms with van der Waals surface area (Å²) in [6.45, 7) is 9.87. The molecule has 0 saturated carbocycles. The summed E-state index contributed by atoms with van der Waals surface area (Å²) in [6.07, 6.45) is 8.39. The Morgan fingerprint density at radius 3 is 2.63 bits per heavy atom. The highest BCUT2D eigenvalue weighted by Crippen LogP contribution is 2.38. The van der Waals surface area contributed by atoms with Gasteiger partial charge in [0.05, 0.1) is 0 Å². The molecule has 1 atom stereocenters. The lowest BCUT2D eigenvalue weighted by Crippen LogP contribution is -2.29. The van der Waals surface area contributed by atoms with Gasteiger partial charge in [0.1, 0.15) is 12.4 Å². The normalized spacial score (nSPS) is 14.7. The zero-order valence-corrected chi connectivity index (χ0v) is 25.6. The van der Waals surface area contributed by atoms with Crippen LogP contribution in [0.25, 0.3) is 17.0 Å². The smallest absolute Gasteiger partial charge is 0.267 e. The molecular formula is C36H44N4O3. The average molecular weight is 581 g/mol. The van der Waals surface area contributed by atoms with Crippen molar-refractivity contribution in [3.05, 3.63) is 107 Å². The second-order valence-corrected chi connectivity index (χ2v) is 11.3. The molecule has 3 aromatic carbocycles. The quantitative estimate of drug-likeness (QED) is 0.106. The third-order valence-corrected chi connectivity index (χ3v) is 8.72. The Kier molecular flexibility index (Phi) is 10.3. The number of hydrogen-bond acceptors (Lipinski definition) is 5. The second kappa shape index (κ2) is 14.5. The number of carbonyl (C=O) groups is 1. The van der Waals surface area contributed by atoms with Crippen LogP contribution in [0.5, 0.6) is 5.75 Å². The maximum Gasteiger partial charge on any atom is 0.267 e. The third kappa shape index (κ3) is 7.54. The van der Waals surface area contributed by atoms with Gasteiger partial charge in [0.25, 0.3) is 5.91 Å². The predicted molar refractivity (Wildman–Crippen MR) is 173 cm³/mol. The minimum absolute atomic E-state index is 0.314. The first kappa shape index (κ1) is 30.5. The van der Waals surface area contributed by atoms with E-state index in [4.69, 9.17) is 9.94 Å². The first-order chi connectivity index (χ1) is 21.0. The minimum Gasteiger partial charge on any atom is -0.492 e. The van der Waals surface area contributed by atoms with Crippen molar-refractivity contribution in [1.29, 1.82) is 0 Å². The number of fused-ring (bicyclic) bond motifs is 2. The molecule has 0 bridgehead atoms. The van der Waals surface area contributed by atoms with Gasteiger partial charge >= 0.3 is 0 Å². The van der Waals surface area contributed by atoms with Gasteiger partial charge in [-0.05, 0) is 84.4 Å². The Labute approximate surface area is 255 Å². The summed E-state index contributed by atoms with van der Waals surface area (Å²) in [5.74, 6) is 0.387. The number of aryl methyl sites for hydroxylation is 2. The zero-order valence-electron chi connectivity index (χ0n) is 25.6. The maximum atomic E-state index is 11.5. The molecular weight excluding hydrogens is 536 g/mol. The molecule has 1 amide bonds. The van der Waals surface area contributed by atoms with Crippen LogP contribution in [0.2, 0.25) is 0 Å². The largest absolute Gasteiger partial charge is 0.492 e. The Bertz CT molecular complexity index is 1540. The number of likely N-dealkylation sites (N-methyl/N-ethyl adjacent to an activating group) is 1. The SMILES string of the molecule is CCN(CC)CCOc1ccc(CN(CCc2cn(C)c3ccccc23)C2CCc3cc(/C=C/C(=O)NO)ccc32)cc1. The lowest BCUT2D eigenvalue weighted by atomic mass is 10.0. The van der Waals surface area contributed by atoms with Crippen LogP contribution in [0.3, 0.4) is 0 Å². The summed E-state index contributed by atoms with van der Waals surface area (Å²) in [7, 11) is 2.12. The molecule has 7 heteroatoms. The van der Waals surface area contributed by atoms with Gasteiger partial charge in [0.15, 0.2) is 0 Å². The van der Waals surface area contributed by atoms with Crippen LogP contribution in [-0.2, 0) is 31.2 Å². The van der Waals surface area contributed by atoms with Crippen LogP contribution < -0.4 is 10.2 Å². The molecule has 1 aliphatic carbocycles. The Morgan fingerprint density at radius 1 is 1.07 bits per heavy atom.